The van der Waals surface area contributed by atoms with Crippen LogP contribution in [-0.4, -0.2) is 133 Å². The summed E-state index contributed by atoms with van der Waals surface area (Å²) in [6, 6.07) is 0. The lowest BCUT2D eigenvalue weighted by Crippen LogP contribution is -2.26. The van der Waals surface area contributed by atoms with Crippen LogP contribution >= 0.6 is 195 Å². The van der Waals surface area contributed by atoms with Crippen molar-refractivity contribution < 1.29 is 0 Å². The highest BCUT2D eigenvalue weighted by molar-refractivity contribution is 8.01. The van der Waals surface area contributed by atoms with Gasteiger partial charge in [-0.3, -0.25) is 0 Å². The lowest BCUT2D eigenvalue weighted by molar-refractivity contribution is 0.249. The summed E-state index contributed by atoms with van der Waals surface area (Å²) >= 11 is 56.2. The third-order valence-corrected chi connectivity index (χ3v) is 59.4. The largest absolute Gasteiger partial charge is 0.179 e. The Bertz CT molecular complexity index is 3370. The van der Waals surface area contributed by atoms with Crippen molar-refractivity contribution in [3.8, 4) is 0 Å². The first kappa shape index (κ1) is 97.7. The van der Waals surface area contributed by atoms with Gasteiger partial charge in [0.2, 0.25) is 0 Å². The molecule has 24 rings (SSSR count). The second kappa shape index (κ2) is 45.5. The normalized spacial score (nSPS) is 51.4. The van der Waals surface area contributed by atoms with Gasteiger partial charge in [-0.1, -0.05) is 0 Å². The molecule has 0 radical (unpaired) electrons. The molecule has 24 aliphatic rings. The lowest BCUT2D eigenvalue weighted by atomic mass is 9.80. The maximum atomic E-state index is 4.80. The van der Waals surface area contributed by atoms with Gasteiger partial charge in [-0.25, -0.2) is 0 Å². The first-order chi connectivity index (χ1) is 61.7. The van der Waals surface area contributed by atoms with E-state index in [0.717, 1.165) is 300 Å². The van der Waals surface area contributed by atoms with Crippen molar-refractivity contribution in [2.45, 2.75) is 372 Å². The topological polar surface area (TPSA) is 0 Å². The summed E-state index contributed by atoms with van der Waals surface area (Å²) in [6.07, 6.45) is 74.6. The zero-order valence-corrected chi connectivity index (χ0v) is 92.1. The van der Waals surface area contributed by atoms with Crippen molar-refractivity contribution >= 4 is 195 Å². The Labute approximate surface area is 852 Å². The summed E-state index contributed by atoms with van der Waals surface area (Å²) in [5.41, 5.74) is 0. The van der Waals surface area contributed by atoms with Gasteiger partial charge >= 0.3 is 0 Å². The van der Waals surface area contributed by atoms with Gasteiger partial charge in [0.15, 0.2) is 0 Å². The van der Waals surface area contributed by atoms with Crippen LogP contribution in [-0.2, 0) is 0 Å². The van der Waals surface area contributed by atoms with Gasteiger partial charge in [0.1, 0.15) is 0 Å². The molecule has 0 aromatic rings. The third kappa shape index (κ3) is 22.7. The number of fused-ring (bicyclic) bond motifs is 24. The standard InChI is InChI=1S/C29H48S4.3C27H44S4/c30-5-1-18-12-27-15-25(18)17-29(27)33-8-4-21-10-22-13-23(21)9-19(22)2-6-32-7-3-20-11-26-14-24(20)16-28(26)31;28-4-1-16-8-23-11-20(16)14-26(23)31-27-15-21-12-24(27)9-18(21)3-6-30-5-2-17-7-22-10-19(17)13-25(22)29;28-25-13-19-10-22(25)7-16(19)1-4-30-5-2-17-9-24-12-21(17)15-27(24)31-6-3-18-8-23-11-20(18)14-26(23)29;28-4-1-16-7-22-10-19(16)13-25(22)30-6-3-18-9-24-12-21(18)15-27(24)31-26-14-20-11-23(26)8-17(20)2-5-29/h18-31H,1-17H2;3*16-29H,1-15H2. The van der Waals surface area contributed by atoms with E-state index in [9.17, 15) is 0 Å². The van der Waals surface area contributed by atoms with E-state index < -0.39 is 0 Å². The number of hydrogen-bond acceptors (Lipinski definition) is 16. The molecule has 126 heavy (non-hydrogen) atoms. The highest BCUT2D eigenvalue weighted by atomic mass is 32.2. The monoisotopic (exact) mass is 2010 g/mol. The van der Waals surface area contributed by atoms with Gasteiger partial charge in [0.25, 0.3) is 0 Å². The summed E-state index contributed by atoms with van der Waals surface area (Å²) in [7, 11) is 0. The summed E-state index contributed by atoms with van der Waals surface area (Å²) < 4.78 is 0. The van der Waals surface area contributed by atoms with Gasteiger partial charge in [-0.05, 0) is 608 Å². The van der Waals surface area contributed by atoms with Crippen molar-refractivity contribution in [3.05, 3.63) is 0 Å². The summed E-state index contributed by atoms with van der Waals surface area (Å²) in [6.45, 7) is 0. The smallest absolute Gasteiger partial charge is 0.00811 e. The highest BCUT2D eigenvalue weighted by Crippen LogP contribution is 2.66. The molecule has 0 amide bonds. The van der Waals surface area contributed by atoms with Gasteiger partial charge < -0.3 is 0 Å². The van der Waals surface area contributed by atoms with Crippen LogP contribution < -0.4 is 0 Å². The zero-order valence-electron chi connectivity index (χ0n) is 78.4. The minimum Gasteiger partial charge on any atom is -0.179 e. The van der Waals surface area contributed by atoms with Gasteiger partial charge in [-0.2, -0.15) is 195 Å². The Morgan fingerprint density at radius 3 is 0.460 bits per heavy atom. The fraction of sp³-hybridized carbons (Fsp3) is 1.00. The van der Waals surface area contributed by atoms with Crippen LogP contribution in [0.3, 0.4) is 0 Å². The molecule has 24 aliphatic carbocycles. The van der Waals surface area contributed by atoms with Crippen LogP contribution in [0.5, 0.6) is 0 Å². The molecule has 48 atom stereocenters. The number of thioether (sulfide) groups is 8. The molecule has 24 fully saturated rings. The van der Waals surface area contributed by atoms with Gasteiger partial charge in [0, 0.05) is 57.7 Å². The molecule has 0 nitrogen and oxygen atoms in total. The van der Waals surface area contributed by atoms with Gasteiger partial charge in [-0.15, -0.1) is 0 Å². The number of hydrogen-bond donors (Lipinski definition) is 8. The van der Waals surface area contributed by atoms with E-state index in [2.05, 4.69) is 145 Å². The Morgan fingerprint density at radius 2 is 0.294 bits per heavy atom. The molecule has 0 N–H and O–H groups in total. The average Bonchev–Trinajstić information content (AvgIpc) is 1.61. The van der Waals surface area contributed by atoms with Gasteiger partial charge in [0.05, 0.1) is 0 Å². The Hall–Kier alpha value is 5.60. The minimum absolute atomic E-state index is 0.743. The minimum atomic E-state index is 0.743. The Morgan fingerprint density at radius 1 is 0.143 bits per heavy atom. The Kier molecular flexibility index (Phi) is 35.3. The maximum Gasteiger partial charge on any atom is 0.00811 e. The van der Waals surface area contributed by atoms with E-state index in [4.69, 9.17) is 50.5 Å². The average molecular weight is 2020 g/mol. The van der Waals surface area contributed by atoms with Crippen molar-refractivity contribution in [1.82, 2.24) is 0 Å². The SMILES string of the molecule is SC1CC2CC1CC2CCSCCC1CC2CC1CC2SCCC1CC2CC1CC2S.SCCC1CC2CC1CC2SC1CC2CC1CC2CCSCCC1CC2CC1CC2S.SCCC1CC2CC1CC2SCCC1CC2CC1CC2CCSCCC1CC2CC1CC2S.SCCC1CC2CC1CC2SCCC1CC2CC1CC2SC1CC2CC1CC2CCS. The van der Waals surface area contributed by atoms with E-state index in [1.165, 1.54) is 225 Å². The van der Waals surface area contributed by atoms with Crippen LogP contribution in [0.2, 0.25) is 0 Å². The highest BCUT2D eigenvalue weighted by Gasteiger charge is 2.57. The van der Waals surface area contributed by atoms with Crippen molar-refractivity contribution in [3.63, 3.8) is 0 Å². The molecule has 0 aliphatic heterocycles. The molecule has 716 valence electrons. The quantitative estimate of drug-likeness (QED) is 0.0222. The van der Waals surface area contributed by atoms with Crippen LogP contribution in [0, 0.1) is 219 Å². The molecule has 0 saturated heterocycles. The molecule has 16 heteroatoms. The number of rotatable bonds is 42. The molecule has 0 heterocycles. The molecule has 24 bridgehead atoms. The van der Waals surface area contributed by atoms with Crippen LogP contribution in [0.1, 0.15) is 315 Å². The maximum absolute atomic E-state index is 4.80. The second-order valence-corrected chi connectivity index (χ2v) is 65.6. The predicted molar refractivity (Wildman–Crippen MR) is 593 cm³/mol. The molecular weight excluding hydrogens is 1830 g/mol. The fourth-order valence-corrected chi connectivity index (χ4v) is 54.0. The van der Waals surface area contributed by atoms with E-state index in [1.54, 1.807) is 141 Å². The zero-order chi connectivity index (χ0) is 85.2. The Balaban J connectivity index is 0.000000103. The molecule has 0 spiro atoms. The van der Waals surface area contributed by atoms with E-state index >= 15 is 0 Å². The summed E-state index contributed by atoms with van der Waals surface area (Å²) in [4.78, 5) is 0. The number of thiol groups is 8. The van der Waals surface area contributed by atoms with Crippen LogP contribution in [0.15, 0.2) is 0 Å². The first-order valence-corrected chi connectivity index (χ1v) is 68.8. The van der Waals surface area contributed by atoms with Crippen molar-refractivity contribution in [1.29, 1.82) is 0 Å². The second-order valence-electron chi connectivity index (χ2n) is 50.5. The fourth-order valence-electron chi connectivity index (χ4n) is 38.2. The molecule has 0 aromatic carbocycles. The molecule has 48 unspecified atom stereocenters. The van der Waals surface area contributed by atoms with Crippen molar-refractivity contribution in [2.24, 2.45) is 219 Å². The summed E-state index contributed by atoms with van der Waals surface area (Å²) in [5.74, 6) is 56.5. The molecular formula is C110H180S16. The molecule has 0 aromatic heterocycles. The predicted octanol–water partition coefficient (Wildman–Crippen LogP) is 31.5. The van der Waals surface area contributed by atoms with E-state index in [0.29, 0.717) is 0 Å². The summed E-state index contributed by atoms with van der Waals surface area (Å²) in [5, 5.41) is 10.2. The van der Waals surface area contributed by atoms with Crippen LogP contribution in [0.4, 0.5) is 0 Å². The van der Waals surface area contributed by atoms with Crippen molar-refractivity contribution in [2.75, 3.05) is 74.8 Å². The van der Waals surface area contributed by atoms with E-state index in [-0.39, 0.29) is 0 Å². The first-order valence-electron chi connectivity index (χ1n) is 55.7. The van der Waals surface area contributed by atoms with E-state index in [1.807, 2.05) is 0 Å². The van der Waals surface area contributed by atoms with Crippen LogP contribution in [0.25, 0.3) is 0 Å². The lowest BCUT2D eigenvalue weighted by Gasteiger charge is -2.33. The third-order valence-electron chi connectivity index (χ3n) is 44.5. The molecule has 24 saturated carbocycles.